The van der Waals surface area contributed by atoms with Gasteiger partial charge in [-0.3, -0.25) is 4.79 Å². The second-order valence-corrected chi connectivity index (χ2v) is 6.19. The lowest BCUT2D eigenvalue weighted by Gasteiger charge is -2.06. The maximum atomic E-state index is 12.9. The number of rotatable bonds is 4. The SMILES string of the molecule is O=C(c1ccc(-n2cccc2)cc1)c1c[nH]cc1-c1ccc(Cl)cc1. The third-order valence-electron chi connectivity index (χ3n) is 4.18. The summed E-state index contributed by atoms with van der Waals surface area (Å²) in [7, 11) is 0. The number of carbonyl (C=O) groups is 1. The first-order chi connectivity index (χ1) is 12.2. The highest BCUT2D eigenvalue weighted by atomic mass is 35.5. The number of aromatic amines is 1. The number of hydrogen-bond acceptors (Lipinski definition) is 1. The third-order valence-corrected chi connectivity index (χ3v) is 4.43. The third kappa shape index (κ3) is 3.02. The van der Waals surface area contributed by atoms with Crippen LogP contribution >= 0.6 is 11.6 Å². The van der Waals surface area contributed by atoms with Gasteiger partial charge in [0.1, 0.15) is 0 Å². The zero-order valence-corrected chi connectivity index (χ0v) is 14.1. The number of aromatic nitrogens is 2. The van der Waals surface area contributed by atoms with E-state index in [-0.39, 0.29) is 5.78 Å². The predicted octanol–water partition coefficient (Wildman–Crippen LogP) is 5.36. The normalized spacial score (nSPS) is 10.8. The molecule has 1 N–H and O–H groups in total. The Hall–Kier alpha value is -3.04. The smallest absolute Gasteiger partial charge is 0.195 e. The highest BCUT2D eigenvalue weighted by Crippen LogP contribution is 2.27. The van der Waals surface area contributed by atoms with Gasteiger partial charge in [-0.05, 0) is 54.1 Å². The minimum Gasteiger partial charge on any atom is -0.366 e. The second-order valence-electron chi connectivity index (χ2n) is 5.76. The van der Waals surface area contributed by atoms with Crippen molar-refractivity contribution < 1.29 is 4.79 Å². The number of carbonyl (C=O) groups excluding carboxylic acids is 1. The Morgan fingerprint density at radius 1 is 0.880 bits per heavy atom. The molecule has 0 atom stereocenters. The van der Waals surface area contributed by atoms with Crippen molar-refractivity contribution in [3.63, 3.8) is 0 Å². The highest BCUT2D eigenvalue weighted by molar-refractivity contribution is 6.30. The summed E-state index contributed by atoms with van der Waals surface area (Å²) in [6, 6.07) is 19.0. The van der Waals surface area contributed by atoms with Crippen LogP contribution in [0.3, 0.4) is 0 Å². The molecule has 0 aliphatic carbocycles. The molecule has 0 spiro atoms. The van der Waals surface area contributed by atoms with Crippen LogP contribution in [0.2, 0.25) is 5.02 Å². The van der Waals surface area contributed by atoms with Crippen LogP contribution in [0, 0.1) is 0 Å². The molecule has 25 heavy (non-hydrogen) atoms. The Morgan fingerprint density at radius 2 is 1.56 bits per heavy atom. The van der Waals surface area contributed by atoms with Crippen molar-refractivity contribution in [2.45, 2.75) is 0 Å². The number of H-pyrrole nitrogens is 1. The van der Waals surface area contributed by atoms with Crippen LogP contribution in [0.25, 0.3) is 16.8 Å². The number of ketones is 1. The quantitative estimate of drug-likeness (QED) is 0.496. The molecule has 0 amide bonds. The maximum Gasteiger partial charge on any atom is 0.195 e. The lowest BCUT2D eigenvalue weighted by Crippen LogP contribution is -2.02. The molecule has 4 rings (SSSR count). The van der Waals surface area contributed by atoms with Crippen molar-refractivity contribution >= 4 is 17.4 Å². The van der Waals surface area contributed by atoms with Gasteiger partial charge in [0.05, 0.1) is 0 Å². The molecule has 3 nitrogen and oxygen atoms in total. The molecule has 4 heteroatoms. The Kier molecular flexibility index (Phi) is 4.00. The molecule has 0 aliphatic heterocycles. The van der Waals surface area contributed by atoms with Gasteiger partial charge in [-0.1, -0.05) is 23.7 Å². The summed E-state index contributed by atoms with van der Waals surface area (Å²) in [4.78, 5) is 16.0. The van der Waals surface area contributed by atoms with Crippen LogP contribution in [0.15, 0.2) is 85.5 Å². The molecular weight excluding hydrogens is 332 g/mol. The second kappa shape index (κ2) is 6.46. The average Bonchev–Trinajstić information content (AvgIpc) is 3.34. The van der Waals surface area contributed by atoms with Crippen molar-refractivity contribution in [2.75, 3.05) is 0 Å². The van der Waals surface area contributed by atoms with Gasteiger partial charge < -0.3 is 9.55 Å². The van der Waals surface area contributed by atoms with Gasteiger partial charge in [0.2, 0.25) is 0 Å². The van der Waals surface area contributed by atoms with Gasteiger partial charge in [0.25, 0.3) is 0 Å². The van der Waals surface area contributed by atoms with Crippen molar-refractivity contribution in [3.8, 4) is 16.8 Å². The predicted molar refractivity (Wildman–Crippen MR) is 100 cm³/mol. The van der Waals surface area contributed by atoms with E-state index in [4.69, 9.17) is 11.6 Å². The van der Waals surface area contributed by atoms with Crippen LogP contribution in [-0.2, 0) is 0 Å². The first-order valence-electron chi connectivity index (χ1n) is 7.93. The van der Waals surface area contributed by atoms with E-state index in [2.05, 4.69) is 4.98 Å². The zero-order chi connectivity index (χ0) is 17.2. The first kappa shape index (κ1) is 15.5. The molecule has 2 aromatic heterocycles. The summed E-state index contributed by atoms with van der Waals surface area (Å²) in [6.07, 6.45) is 7.53. The van der Waals surface area contributed by atoms with E-state index in [1.807, 2.05) is 83.8 Å². The van der Waals surface area contributed by atoms with E-state index in [0.717, 1.165) is 16.8 Å². The molecule has 2 heterocycles. The standard InChI is InChI=1S/C21H15ClN2O/c22-17-7-3-15(4-8-17)19-13-23-14-20(19)21(25)16-5-9-18(10-6-16)24-11-1-2-12-24/h1-14,23H. The molecule has 0 saturated carbocycles. The molecule has 0 aliphatic rings. The Balaban J connectivity index is 1.66. The van der Waals surface area contributed by atoms with Gasteiger partial charge in [0, 0.05) is 52.2 Å². The van der Waals surface area contributed by atoms with E-state index >= 15 is 0 Å². The number of benzene rings is 2. The molecule has 4 aromatic rings. The summed E-state index contributed by atoms with van der Waals surface area (Å²) in [5.41, 5.74) is 4.16. The largest absolute Gasteiger partial charge is 0.366 e. The van der Waals surface area contributed by atoms with Crippen molar-refractivity contribution in [3.05, 3.63) is 102 Å². The van der Waals surface area contributed by atoms with Crippen LogP contribution < -0.4 is 0 Å². The molecule has 0 fully saturated rings. The summed E-state index contributed by atoms with van der Waals surface area (Å²) in [5, 5.41) is 0.674. The fourth-order valence-electron chi connectivity index (χ4n) is 2.87. The van der Waals surface area contributed by atoms with E-state index in [0.29, 0.717) is 16.1 Å². The molecule has 0 bridgehead atoms. The van der Waals surface area contributed by atoms with Crippen LogP contribution in [0.1, 0.15) is 15.9 Å². The minimum absolute atomic E-state index is 0.00902. The van der Waals surface area contributed by atoms with E-state index in [9.17, 15) is 4.79 Å². The van der Waals surface area contributed by atoms with Gasteiger partial charge in [-0.15, -0.1) is 0 Å². The molecule has 2 aromatic carbocycles. The fraction of sp³-hybridized carbons (Fsp3) is 0. The lowest BCUT2D eigenvalue weighted by atomic mass is 9.98. The van der Waals surface area contributed by atoms with Crippen LogP contribution in [0.5, 0.6) is 0 Å². The number of hydrogen-bond donors (Lipinski definition) is 1. The average molecular weight is 347 g/mol. The topological polar surface area (TPSA) is 37.8 Å². The fourth-order valence-corrected chi connectivity index (χ4v) is 2.99. The summed E-state index contributed by atoms with van der Waals surface area (Å²) in [6.45, 7) is 0. The van der Waals surface area contributed by atoms with E-state index in [1.165, 1.54) is 0 Å². The van der Waals surface area contributed by atoms with E-state index < -0.39 is 0 Å². The summed E-state index contributed by atoms with van der Waals surface area (Å²) < 4.78 is 2.00. The number of halogens is 1. The van der Waals surface area contributed by atoms with Gasteiger partial charge >= 0.3 is 0 Å². The van der Waals surface area contributed by atoms with Gasteiger partial charge in [-0.2, -0.15) is 0 Å². The molecule has 0 unspecified atom stereocenters. The summed E-state index contributed by atoms with van der Waals surface area (Å²) >= 11 is 5.95. The molecule has 122 valence electrons. The maximum absolute atomic E-state index is 12.9. The van der Waals surface area contributed by atoms with E-state index in [1.54, 1.807) is 6.20 Å². The number of nitrogens with zero attached hydrogens (tertiary/aromatic N) is 1. The summed E-state index contributed by atoms with van der Waals surface area (Å²) in [5.74, 6) is -0.00902. The first-order valence-corrected chi connectivity index (χ1v) is 8.31. The van der Waals surface area contributed by atoms with Crippen LogP contribution in [0.4, 0.5) is 0 Å². The zero-order valence-electron chi connectivity index (χ0n) is 13.3. The van der Waals surface area contributed by atoms with Gasteiger partial charge in [0.15, 0.2) is 5.78 Å². The Morgan fingerprint density at radius 3 is 2.24 bits per heavy atom. The van der Waals surface area contributed by atoms with Gasteiger partial charge in [-0.25, -0.2) is 0 Å². The highest BCUT2D eigenvalue weighted by Gasteiger charge is 2.16. The lowest BCUT2D eigenvalue weighted by molar-refractivity contribution is 0.103. The van der Waals surface area contributed by atoms with Crippen LogP contribution in [-0.4, -0.2) is 15.3 Å². The number of nitrogens with one attached hydrogen (secondary N) is 1. The van der Waals surface area contributed by atoms with Crippen molar-refractivity contribution in [1.29, 1.82) is 0 Å². The molecular formula is C21H15ClN2O. The Bertz CT molecular complexity index is 997. The molecule has 0 saturated heterocycles. The monoisotopic (exact) mass is 346 g/mol. The van der Waals surface area contributed by atoms with Crippen molar-refractivity contribution in [1.82, 2.24) is 9.55 Å². The van der Waals surface area contributed by atoms with Crippen molar-refractivity contribution in [2.24, 2.45) is 0 Å². The Labute approximate surface area is 150 Å². The molecule has 0 radical (unpaired) electrons. The minimum atomic E-state index is -0.00902.